The SMILES string of the molecule is Br.CC1CN2C(C3(c4ccc5ccccc5c4)CCC3)=CSC2=N1. The molecule has 1 aliphatic carbocycles. The zero-order valence-electron chi connectivity index (χ0n) is 13.7. The molecule has 0 saturated heterocycles. The van der Waals surface area contributed by atoms with Gasteiger partial charge in [-0.15, -0.1) is 17.0 Å². The van der Waals surface area contributed by atoms with Crippen molar-refractivity contribution in [3.63, 3.8) is 0 Å². The molecule has 1 unspecified atom stereocenters. The molecule has 2 aliphatic heterocycles. The molecule has 0 radical (unpaired) electrons. The molecule has 1 atom stereocenters. The fraction of sp³-hybridized carbons (Fsp3) is 0.350. The van der Waals surface area contributed by atoms with Crippen LogP contribution in [0.25, 0.3) is 10.8 Å². The normalized spacial score (nSPS) is 24.0. The smallest absolute Gasteiger partial charge is 0.168 e. The summed E-state index contributed by atoms with van der Waals surface area (Å²) in [7, 11) is 0. The number of fused-ring (bicyclic) bond motifs is 2. The Morgan fingerprint density at radius 2 is 1.92 bits per heavy atom. The van der Waals surface area contributed by atoms with E-state index in [0.717, 1.165) is 6.54 Å². The monoisotopic (exact) mass is 400 g/mol. The number of benzene rings is 2. The maximum Gasteiger partial charge on any atom is 0.168 e. The first-order valence-corrected chi connectivity index (χ1v) is 9.36. The molecule has 0 aromatic heterocycles. The first-order chi connectivity index (χ1) is 11.3. The molecule has 2 heterocycles. The van der Waals surface area contributed by atoms with Crippen LogP contribution in [-0.2, 0) is 5.41 Å². The Bertz CT molecular complexity index is 854. The van der Waals surface area contributed by atoms with E-state index in [0.29, 0.717) is 6.04 Å². The van der Waals surface area contributed by atoms with Gasteiger partial charge in [0.15, 0.2) is 5.17 Å². The van der Waals surface area contributed by atoms with Gasteiger partial charge in [0, 0.05) is 17.7 Å². The number of thioether (sulfide) groups is 1. The Kier molecular flexibility index (Phi) is 4.00. The fourth-order valence-corrected chi connectivity index (χ4v) is 5.30. The van der Waals surface area contributed by atoms with Crippen molar-refractivity contribution in [3.05, 3.63) is 59.1 Å². The molecule has 0 bridgehead atoms. The Morgan fingerprint density at radius 3 is 2.67 bits per heavy atom. The number of halogens is 1. The van der Waals surface area contributed by atoms with E-state index in [-0.39, 0.29) is 22.4 Å². The molecule has 1 fully saturated rings. The molecule has 24 heavy (non-hydrogen) atoms. The van der Waals surface area contributed by atoms with E-state index in [1.807, 2.05) is 11.8 Å². The van der Waals surface area contributed by atoms with Crippen LogP contribution in [0.15, 0.2) is 58.6 Å². The molecule has 5 rings (SSSR count). The summed E-state index contributed by atoms with van der Waals surface area (Å²) in [6.45, 7) is 3.26. The van der Waals surface area contributed by atoms with Crippen molar-refractivity contribution >= 4 is 44.7 Å². The second-order valence-corrected chi connectivity index (χ2v) is 7.83. The Hall–Kier alpha value is -1.26. The predicted molar refractivity (Wildman–Crippen MR) is 109 cm³/mol. The van der Waals surface area contributed by atoms with Crippen molar-refractivity contribution in [2.75, 3.05) is 6.54 Å². The Balaban J connectivity index is 0.00000146. The number of amidine groups is 1. The topological polar surface area (TPSA) is 15.6 Å². The van der Waals surface area contributed by atoms with E-state index < -0.39 is 0 Å². The van der Waals surface area contributed by atoms with E-state index >= 15 is 0 Å². The summed E-state index contributed by atoms with van der Waals surface area (Å²) in [5, 5.41) is 6.25. The molecule has 0 amide bonds. The number of aliphatic imine (C=N–C) groups is 1. The minimum absolute atomic E-state index is 0. The van der Waals surface area contributed by atoms with E-state index in [4.69, 9.17) is 4.99 Å². The Labute approximate surface area is 157 Å². The largest absolute Gasteiger partial charge is 0.321 e. The van der Waals surface area contributed by atoms with Gasteiger partial charge in [0.2, 0.25) is 0 Å². The van der Waals surface area contributed by atoms with Crippen molar-refractivity contribution in [1.29, 1.82) is 0 Å². The highest BCUT2D eigenvalue weighted by Gasteiger charge is 2.48. The van der Waals surface area contributed by atoms with Crippen LogP contribution in [0.3, 0.4) is 0 Å². The first kappa shape index (κ1) is 16.2. The second-order valence-electron chi connectivity index (χ2n) is 6.99. The number of hydrogen-bond acceptors (Lipinski definition) is 3. The average Bonchev–Trinajstić information content (AvgIpc) is 3.06. The standard InChI is InChI=1S/C20H20N2S.BrH/c1-14-12-22-18(13-23-19(22)21-14)20(9-4-10-20)17-8-7-15-5-2-3-6-16(15)11-17;/h2-3,5-8,11,13-14H,4,9-10,12H2,1H3;1H. The summed E-state index contributed by atoms with van der Waals surface area (Å²) >= 11 is 1.81. The van der Waals surface area contributed by atoms with Crippen molar-refractivity contribution in [2.24, 2.45) is 4.99 Å². The quantitative estimate of drug-likeness (QED) is 0.662. The molecule has 124 valence electrons. The van der Waals surface area contributed by atoms with E-state index in [2.05, 4.69) is 59.7 Å². The third kappa shape index (κ3) is 2.26. The molecule has 4 heteroatoms. The van der Waals surface area contributed by atoms with Crippen molar-refractivity contribution in [1.82, 2.24) is 4.90 Å². The lowest BCUT2D eigenvalue weighted by atomic mass is 9.62. The summed E-state index contributed by atoms with van der Waals surface area (Å²) in [6.07, 6.45) is 3.84. The van der Waals surface area contributed by atoms with Gasteiger partial charge in [-0.25, -0.2) is 0 Å². The summed E-state index contributed by atoms with van der Waals surface area (Å²) < 4.78 is 0. The van der Waals surface area contributed by atoms with Crippen LogP contribution >= 0.6 is 28.7 Å². The van der Waals surface area contributed by atoms with Gasteiger partial charge in [-0.05, 0) is 41.5 Å². The average molecular weight is 401 g/mol. The first-order valence-electron chi connectivity index (χ1n) is 8.48. The molecule has 0 spiro atoms. The van der Waals surface area contributed by atoms with Crippen molar-refractivity contribution in [2.45, 2.75) is 37.6 Å². The molecular weight excluding hydrogens is 380 g/mol. The minimum Gasteiger partial charge on any atom is -0.321 e. The number of nitrogens with zero attached hydrogens (tertiary/aromatic N) is 2. The molecule has 1 saturated carbocycles. The van der Waals surface area contributed by atoms with Gasteiger partial charge in [0.1, 0.15) is 0 Å². The van der Waals surface area contributed by atoms with Gasteiger partial charge in [0.05, 0.1) is 6.04 Å². The Morgan fingerprint density at radius 1 is 1.12 bits per heavy atom. The van der Waals surface area contributed by atoms with Crippen LogP contribution in [0.4, 0.5) is 0 Å². The molecule has 2 aromatic rings. The summed E-state index contributed by atoms with van der Waals surface area (Å²) in [5.41, 5.74) is 3.18. The lowest BCUT2D eigenvalue weighted by Crippen LogP contribution is -2.42. The maximum atomic E-state index is 4.77. The van der Waals surface area contributed by atoms with Crippen LogP contribution in [0.5, 0.6) is 0 Å². The molecule has 3 aliphatic rings. The number of allylic oxidation sites excluding steroid dienone is 1. The highest BCUT2D eigenvalue weighted by atomic mass is 79.9. The van der Waals surface area contributed by atoms with E-state index in [1.54, 1.807) is 0 Å². The van der Waals surface area contributed by atoms with Crippen molar-refractivity contribution in [3.8, 4) is 0 Å². The third-order valence-corrected chi connectivity index (χ3v) is 6.45. The fourth-order valence-electron chi connectivity index (χ4n) is 4.19. The van der Waals surface area contributed by atoms with Gasteiger partial charge in [0.25, 0.3) is 0 Å². The summed E-state index contributed by atoms with van der Waals surface area (Å²) in [4.78, 5) is 7.25. The van der Waals surface area contributed by atoms with Crippen LogP contribution < -0.4 is 0 Å². The molecular formula is C20H21BrN2S. The minimum atomic E-state index is 0. The van der Waals surface area contributed by atoms with E-state index in [1.165, 1.54) is 46.5 Å². The highest BCUT2D eigenvalue weighted by Crippen LogP contribution is 2.54. The molecule has 0 N–H and O–H groups in total. The number of hydrogen-bond donors (Lipinski definition) is 0. The third-order valence-electron chi connectivity index (χ3n) is 5.57. The maximum absolute atomic E-state index is 4.77. The number of rotatable bonds is 2. The molecule has 2 nitrogen and oxygen atoms in total. The van der Waals surface area contributed by atoms with E-state index in [9.17, 15) is 0 Å². The van der Waals surface area contributed by atoms with Crippen LogP contribution in [-0.4, -0.2) is 22.7 Å². The van der Waals surface area contributed by atoms with Crippen LogP contribution in [0.1, 0.15) is 31.7 Å². The van der Waals surface area contributed by atoms with Gasteiger partial charge in [-0.2, -0.15) is 0 Å². The lowest BCUT2D eigenvalue weighted by molar-refractivity contribution is 0.250. The van der Waals surface area contributed by atoms with Gasteiger partial charge >= 0.3 is 0 Å². The zero-order chi connectivity index (χ0) is 15.4. The van der Waals surface area contributed by atoms with Crippen LogP contribution in [0, 0.1) is 0 Å². The van der Waals surface area contributed by atoms with Crippen molar-refractivity contribution < 1.29 is 0 Å². The zero-order valence-corrected chi connectivity index (χ0v) is 16.3. The molecule has 2 aromatic carbocycles. The predicted octanol–water partition coefficient (Wildman–Crippen LogP) is 5.49. The highest BCUT2D eigenvalue weighted by molar-refractivity contribution is 8.93. The lowest BCUT2D eigenvalue weighted by Gasteiger charge is -2.46. The van der Waals surface area contributed by atoms with Gasteiger partial charge < -0.3 is 4.90 Å². The summed E-state index contributed by atoms with van der Waals surface area (Å²) in [5.74, 6) is 0. The summed E-state index contributed by atoms with van der Waals surface area (Å²) in [6, 6.07) is 16.2. The van der Waals surface area contributed by atoms with Gasteiger partial charge in [-0.1, -0.05) is 60.6 Å². The van der Waals surface area contributed by atoms with Crippen LogP contribution in [0.2, 0.25) is 0 Å². The second kappa shape index (κ2) is 5.92. The van der Waals surface area contributed by atoms with Gasteiger partial charge in [-0.3, -0.25) is 4.99 Å².